The largest absolute Gasteiger partial charge is 0.325 e. The SMILES string of the molecule is Cn1ncc(-c2ccc3c(=O)[nH]nc(CN)c3c2)c1-c1c(F)ccc(CC2CC2)c1C#N. The molecule has 0 unspecified atom stereocenters. The summed E-state index contributed by atoms with van der Waals surface area (Å²) < 4.78 is 16.8. The first-order valence-electron chi connectivity index (χ1n) is 10.5. The van der Waals surface area contributed by atoms with E-state index in [9.17, 15) is 10.1 Å². The van der Waals surface area contributed by atoms with E-state index in [4.69, 9.17) is 5.73 Å². The number of aromatic amines is 1. The summed E-state index contributed by atoms with van der Waals surface area (Å²) in [6.45, 7) is 0.160. The molecule has 2 aromatic heterocycles. The molecule has 0 radical (unpaired) electrons. The Labute approximate surface area is 183 Å². The van der Waals surface area contributed by atoms with Crippen LogP contribution in [0.25, 0.3) is 33.2 Å². The number of rotatable bonds is 5. The van der Waals surface area contributed by atoms with Crippen LogP contribution in [0.2, 0.25) is 0 Å². The van der Waals surface area contributed by atoms with Gasteiger partial charge in [-0.05, 0) is 54.5 Å². The zero-order valence-electron chi connectivity index (χ0n) is 17.5. The van der Waals surface area contributed by atoms with Crippen LogP contribution in [0.5, 0.6) is 0 Å². The number of nitrogens with one attached hydrogen (secondary N) is 1. The van der Waals surface area contributed by atoms with Gasteiger partial charge in [-0.1, -0.05) is 12.1 Å². The molecule has 8 heteroatoms. The van der Waals surface area contributed by atoms with Crippen LogP contribution in [0.3, 0.4) is 0 Å². The third-order valence-corrected chi connectivity index (χ3v) is 6.11. The number of hydrogen-bond acceptors (Lipinski definition) is 5. The van der Waals surface area contributed by atoms with Gasteiger partial charge in [0.25, 0.3) is 5.56 Å². The number of aromatic nitrogens is 4. The lowest BCUT2D eigenvalue weighted by molar-refractivity contribution is 0.626. The van der Waals surface area contributed by atoms with Crippen molar-refractivity contribution in [2.75, 3.05) is 0 Å². The first kappa shape index (κ1) is 20.1. The average Bonchev–Trinajstić information content (AvgIpc) is 3.54. The van der Waals surface area contributed by atoms with Crippen molar-refractivity contribution in [3.05, 3.63) is 69.5 Å². The van der Waals surface area contributed by atoms with Gasteiger partial charge in [-0.25, -0.2) is 9.49 Å². The lowest BCUT2D eigenvalue weighted by atomic mass is 9.92. The van der Waals surface area contributed by atoms with Gasteiger partial charge in [-0.15, -0.1) is 0 Å². The Hall–Kier alpha value is -3.83. The Morgan fingerprint density at radius 2 is 2.09 bits per heavy atom. The Bertz CT molecular complexity index is 1460. The second-order valence-corrected chi connectivity index (χ2v) is 8.21. The molecule has 0 amide bonds. The Kier molecular flexibility index (Phi) is 4.83. The molecule has 7 nitrogen and oxygen atoms in total. The summed E-state index contributed by atoms with van der Waals surface area (Å²) in [6, 6.07) is 10.7. The number of nitriles is 1. The number of nitrogens with zero attached hydrogens (tertiary/aromatic N) is 4. The highest BCUT2D eigenvalue weighted by Crippen LogP contribution is 2.39. The van der Waals surface area contributed by atoms with Crippen molar-refractivity contribution in [2.24, 2.45) is 18.7 Å². The van der Waals surface area contributed by atoms with Crippen molar-refractivity contribution in [1.82, 2.24) is 20.0 Å². The van der Waals surface area contributed by atoms with Gasteiger partial charge < -0.3 is 5.73 Å². The lowest BCUT2D eigenvalue weighted by Gasteiger charge is -2.14. The highest BCUT2D eigenvalue weighted by atomic mass is 19.1. The molecule has 2 heterocycles. The van der Waals surface area contributed by atoms with Crippen molar-refractivity contribution in [3.63, 3.8) is 0 Å². The molecule has 32 heavy (non-hydrogen) atoms. The van der Waals surface area contributed by atoms with Crippen LogP contribution in [0, 0.1) is 23.1 Å². The molecule has 160 valence electrons. The van der Waals surface area contributed by atoms with E-state index in [1.165, 1.54) is 6.07 Å². The van der Waals surface area contributed by atoms with E-state index in [-0.39, 0.29) is 17.7 Å². The van der Waals surface area contributed by atoms with E-state index < -0.39 is 5.82 Å². The Morgan fingerprint density at radius 3 is 2.81 bits per heavy atom. The summed E-state index contributed by atoms with van der Waals surface area (Å²) in [7, 11) is 1.73. The molecular weight excluding hydrogens is 407 g/mol. The third-order valence-electron chi connectivity index (χ3n) is 6.11. The minimum absolute atomic E-state index is 0.160. The number of nitrogens with two attached hydrogens (primary N) is 1. The normalized spacial score (nSPS) is 13.4. The predicted molar refractivity (Wildman–Crippen MR) is 119 cm³/mol. The van der Waals surface area contributed by atoms with Crippen LogP contribution in [0.4, 0.5) is 4.39 Å². The molecule has 0 bridgehead atoms. The summed E-state index contributed by atoms with van der Waals surface area (Å²) >= 11 is 0. The molecule has 0 aliphatic heterocycles. The number of aryl methyl sites for hydroxylation is 1. The molecule has 0 saturated heterocycles. The number of halogens is 1. The number of hydrogen-bond donors (Lipinski definition) is 2. The topological polar surface area (TPSA) is 113 Å². The lowest BCUT2D eigenvalue weighted by Crippen LogP contribution is -2.13. The van der Waals surface area contributed by atoms with Gasteiger partial charge in [-0.2, -0.15) is 15.5 Å². The van der Waals surface area contributed by atoms with E-state index in [2.05, 4.69) is 21.4 Å². The summed E-state index contributed by atoms with van der Waals surface area (Å²) in [5.74, 6) is 0.0969. The van der Waals surface area contributed by atoms with Crippen molar-refractivity contribution in [3.8, 4) is 28.5 Å². The fraction of sp³-hybridized carbons (Fsp3) is 0.250. The maximum Gasteiger partial charge on any atom is 0.272 e. The van der Waals surface area contributed by atoms with Crippen molar-refractivity contribution in [1.29, 1.82) is 5.26 Å². The van der Waals surface area contributed by atoms with E-state index in [0.717, 1.165) is 30.4 Å². The van der Waals surface area contributed by atoms with Crippen LogP contribution in [0.15, 0.2) is 41.3 Å². The van der Waals surface area contributed by atoms with Gasteiger partial charge in [0.2, 0.25) is 0 Å². The molecule has 1 saturated carbocycles. The molecule has 2 aromatic carbocycles. The van der Waals surface area contributed by atoms with Crippen molar-refractivity contribution >= 4 is 10.8 Å². The van der Waals surface area contributed by atoms with Gasteiger partial charge >= 0.3 is 0 Å². The van der Waals surface area contributed by atoms with Crippen LogP contribution in [-0.2, 0) is 20.0 Å². The maximum absolute atomic E-state index is 15.2. The van der Waals surface area contributed by atoms with Gasteiger partial charge in [0.1, 0.15) is 11.9 Å². The molecule has 1 aliphatic rings. The van der Waals surface area contributed by atoms with E-state index in [0.29, 0.717) is 39.2 Å². The van der Waals surface area contributed by atoms with Gasteiger partial charge in [0.15, 0.2) is 0 Å². The van der Waals surface area contributed by atoms with Crippen molar-refractivity contribution in [2.45, 2.75) is 25.8 Å². The van der Waals surface area contributed by atoms with Crippen LogP contribution in [0.1, 0.15) is 29.7 Å². The van der Waals surface area contributed by atoms with Crippen LogP contribution >= 0.6 is 0 Å². The average molecular weight is 428 g/mol. The minimum atomic E-state index is -0.465. The Balaban J connectivity index is 1.74. The summed E-state index contributed by atoms with van der Waals surface area (Å²) in [5, 5.41) is 21.9. The van der Waals surface area contributed by atoms with Gasteiger partial charge in [0, 0.05) is 24.5 Å². The molecule has 4 aromatic rings. The number of H-pyrrole nitrogens is 1. The molecule has 1 aliphatic carbocycles. The minimum Gasteiger partial charge on any atom is -0.325 e. The predicted octanol–water partition coefficient (Wildman–Crippen LogP) is 3.41. The fourth-order valence-corrected chi connectivity index (χ4v) is 4.27. The van der Waals surface area contributed by atoms with Crippen LogP contribution in [-0.4, -0.2) is 20.0 Å². The Morgan fingerprint density at radius 1 is 1.28 bits per heavy atom. The zero-order valence-corrected chi connectivity index (χ0v) is 17.5. The smallest absolute Gasteiger partial charge is 0.272 e. The van der Waals surface area contributed by atoms with Crippen molar-refractivity contribution < 1.29 is 4.39 Å². The first-order valence-corrected chi connectivity index (χ1v) is 10.5. The van der Waals surface area contributed by atoms with E-state index in [1.54, 1.807) is 36.1 Å². The molecule has 5 rings (SSSR count). The molecule has 3 N–H and O–H groups in total. The van der Waals surface area contributed by atoms with Crippen LogP contribution < -0.4 is 11.3 Å². The molecule has 0 spiro atoms. The highest BCUT2D eigenvalue weighted by Gasteiger charge is 2.27. The quantitative estimate of drug-likeness (QED) is 0.506. The standard InChI is InChI=1S/C24H21FN6O/c1-31-23(22-18(10-26)14(5-7-20(22)25)8-13-2-3-13)19(12-28-31)15-4-6-16-17(9-15)21(11-27)29-30-24(16)32/h4-7,9,12-13H,2-3,8,11,27H2,1H3,(H,30,32). The number of fused-ring (bicyclic) bond motifs is 1. The molecule has 1 fully saturated rings. The second kappa shape index (κ2) is 7.70. The number of benzene rings is 2. The van der Waals surface area contributed by atoms with E-state index in [1.807, 2.05) is 6.07 Å². The zero-order chi connectivity index (χ0) is 22.4. The third kappa shape index (κ3) is 3.27. The summed E-state index contributed by atoms with van der Waals surface area (Å²) in [5.41, 5.74) is 9.44. The van der Waals surface area contributed by atoms with Gasteiger partial charge in [-0.3, -0.25) is 9.48 Å². The highest BCUT2D eigenvalue weighted by molar-refractivity contribution is 5.92. The summed E-state index contributed by atoms with van der Waals surface area (Å²) in [6.07, 6.45) is 4.70. The second-order valence-electron chi connectivity index (χ2n) is 8.21. The van der Waals surface area contributed by atoms with Gasteiger partial charge in [0.05, 0.1) is 34.1 Å². The fourth-order valence-electron chi connectivity index (χ4n) is 4.27. The summed E-state index contributed by atoms with van der Waals surface area (Å²) in [4.78, 5) is 12.2. The monoisotopic (exact) mass is 428 g/mol. The molecular formula is C24H21FN6O. The van der Waals surface area contributed by atoms with E-state index >= 15 is 4.39 Å². The first-order chi connectivity index (χ1) is 15.5. The maximum atomic E-state index is 15.2. The molecule has 0 atom stereocenters.